The van der Waals surface area contributed by atoms with Gasteiger partial charge in [-0.1, -0.05) is 13.0 Å². The summed E-state index contributed by atoms with van der Waals surface area (Å²) in [6.45, 7) is 5.11. The number of amides is 1. The number of nitrogens with zero attached hydrogens (tertiary/aromatic N) is 1. The lowest BCUT2D eigenvalue weighted by Crippen LogP contribution is -2.14. The quantitative estimate of drug-likeness (QED) is 0.759. The van der Waals surface area contributed by atoms with Crippen molar-refractivity contribution in [2.45, 2.75) is 20.0 Å². The summed E-state index contributed by atoms with van der Waals surface area (Å²) in [5, 5.41) is 0. The van der Waals surface area contributed by atoms with E-state index in [1.54, 1.807) is 6.07 Å². The average molecular weight is 190 g/mol. The Morgan fingerprint density at radius 2 is 2.14 bits per heavy atom. The minimum absolute atomic E-state index is 0.345. The van der Waals surface area contributed by atoms with Gasteiger partial charge in [-0.05, 0) is 29.8 Å². The van der Waals surface area contributed by atoms with Gasteiger partial charge in [-0.2, -0.15) is 0 Å². The highest BCUT2D eigenvalue weighted by Gasteiger charge is 2.17. The highest BCUT2D eigenvalue weighted by molar-refractivity contribution is 5.93. The molecule has 0 unspecified atom stereocenters. The SMILES string of the molecule is CCN1Cc2ccc(C(N)=O)cc2C1. The molecule has 0 bridgehead atoms. The number of primary amides is 1. The molecule has 1 aromatic rings. The van der Waals surface area contributed by atoms with Crippen LogP contribution in [0.1, 0.15) is 28.4 Å². The number of fused-ring (bicyclic) bond motifs is 1. The maximum atomic E-state index is 11.0. The molecule has 0 saturated carbocycles. The molecule has 0 atom stereocenters. The van der Waals surface area contributed by atoms with E-state index in [1.807, 2.05) is 12.1 Å². The maximum absolute atomic E-state index is 11.0. The van der Waals surface area contributed by atoms with Gasteiger partial charge in [0.1, 0.15) is 0 Å². The van der Waals surface area contributed by atoms with E-state index < -0.39 is 0 Å². The van der Waals surface area contributed by atoms with E-state index in [2.05, 4.69) is 11.8 Å². The van der Waals surface area contributed by atoms with Gasteiger partial charge in [0.05, 0.1) is 0 Å². The van der Waals surface area contributed by atoms with Crippen LogP contribution in [0, 0.1) is 0 Å². The largest absolute Gasteiger partial charge is 0.366 e. The van der Waals surface area contributed by atoms with Crippen molar-refractivity contribution in [1.29, 1.82) is 0 Å². The van der Waals surface area contributed by atoms with Crippen LogP contribution in [0.5, 0.6) is 0 Å². The molecule has 0 saturated heterocycles. The Hall–Kier alpha value is -1.35. The Morgan fingerprint density at radius 3 is 2.79 bits per heavy atom. The Labute approximate surface area is 83.5 Å². The highest BCUT2D eigenvalue weighted by Crippen LogP contribution is 2.23. The molecular formula is C11H14N2O. The van der Waals surface area contributed by atoms with Gasteiger partial charge in [0.2, 0.25) is 5.91 Å². The van der Waals surface area contributed by atoms with Gasteiger partial charge in [-0.3, -0.25) is 9.69 Å². The van der Waals surface area contributed by atoms with Gasteiger partial charge in [0, 0.05) is 18.7 Å². The molecule has 1 aliphatic rings. The van der Waals surface area contributed by atoms with Crippen LogP contribution in [0.25, 0.3) is 0 Å². The van der Waals surface area contributed by atoms with Crippen molar-refractivity contribution < 1.29 is 4.79 Å². The molecule has 1 heterocycles. The molecular weight excluding hydrogens is 176 g/mol. The van der Waals surface area contributed by atoms with Crippen LogP contribution in [0.2, 0.25) is 0 Å². The van der Waals surface area contributed by atoms with Crippen LogP contribution in [0.4, 0.5) is 0 Å². The zero-order chi connectivity index (χ0) is 10.1. The molecule has 0 aliphatic carbocycles. The molecule has 0 spiro atoms. The molecule has 1 aromatic carbocycles. The molecule has 3 heteroatoms. The molecule has 2 rings (SSSR count). The van der Waals surface area contributed by atoms with Crippen molar-refractivity contribution in [1.82, 2.24) is 4.90 Å². The molecule has 1 aliphatic heterocycles. The van der Waals surface area contributed by atoms with Crippen molar-refractivity contribution >= 4 is 5.91 Å². The summed E-state index contributed by atoms with van der Waals surface area (Å²) in [4.78, 5) is 13.3. The van der Waals surface area contributed by atoms with Crippen molar-refractivity contribution in [2.75, 3.05) is 6.54 Å². The van der Waals surface area contributed by atoms with Gasteiger partial charge in [-0.25, -0.2) is 0 Å². The minimum atomic E-state index is -0.345. The van der Waals surface area contributed by atoms with E-state index in [0.29, 0.717) is 5.56 Å². The van der Waals surface area contributed by atoms with Gasteiger partial charge < -0.3 is 5.73 Å². The number of nitrogens with two attached hydrogens (primary N) is 1. The fraction of sp³-hybridized carbons (Fsp3) is 0.364. The predicted molar refractivity (Wildman–Crippen MR) is 54.7 cm³/mol. The van der Waals surface area contributed by atoms with Gasteiger partial charge in [0.15, 0.2) is 0 Å². The van der Waals surface area contributed by atoms with Gasteiger partial charge in [-0.15, -0.1) is 0 Å². The van der Waals surface area contributed by atoms with Crippen LogP contribution >= 0.6 is 0 Å². The Balaban J connectivity index is 2.31. The van der Waals surface area contributed by atoms with Gasteiger partial charge in [0.25, 0.3) is 0 Å². The topological polar surface area (TPSA) is 46.3 Å². The molecule has 74 valence electrons. The van der Waals surface area contributed by atoms with E-state index >= 15 is 0 Å². The normalized spacial score (nSPS) is 15.5. The average Bonchev–Trinajstić information content (AvgIpc) is 2.58. The fourth-order valence-corrected chi connectivity index (χ4v) is 1.84. The van der Waals surface area contributed by atoms with Crippen molar-refractivity contribution in [3.05, 3.63) is 34.9 Å². The smallest absolute Gasteiger partial charge is 0.248 e. The summed E-state index contributed by atoms with van der Waals surface area (Å²) in [7, 11) is 0. The van der Waals surface area contributed by atoms with Gasteiger partial charge >= 0.3 is 0 Å². The van der Waals surface area contributed by atoms with Crippen LogP contribution in [0.15, 0.2) is 18.2 Å². The van der Waals surface area contributed by atoms with E-state index in [0.717, 1.165) is 19.6 Å². The third-order valence-electron chi connectivity index (χ3n) is 2.73. The first-order valence-electron chi connectivity index (χ1n) is 4.84. The summed E-state index contributed by atoms with van der Waals surface area (Å²) < 4.78 is 0. The molecule has 0 radical (unpaired) electrons. The summed E-state index contributed by atoms with van der Waals surface area (Å²) in [5.74, 6) is -0.345. The van der Waals surface area contributed by atoms with E-state index in [1.165, 1.54) is 11.1 Å². The monoisotopic (exact) mass is 190 g/mol. The first-order chi connectivity index (χ1) is 6.70. The van der Waals surface area contributed by atoms with Crippen molar-refractivity contribution in [3.63, 3.8) is 0 Å². The third-order valence-corrected chi connectivity index (χ3v) is 2.73. The maximum Gasteiger partial charge on any atom is 0.248 e. The Kier molecular flexibility index (Phi) is 2.25. The molecule has 14 heavy (non-hydrogen) atoms. The zero-order valence-corrected chi connectivity index (χ0v) is 8.29. The molecule has 0 fully saturated rings. The van der Waals surface area contributed by atoms with Crippen molar-refractivity contribution in [2.24, 2.45) is 5.73 Å². The summed E-state index contributed by atoms with van der Waals surface area (Å²) >= 11 is 0. The Bertz CT molecular complexity index is 374. The highest BCUT2D eigenvalue weighted by atomic mass is 16.1. The second-order valence-corrected chi connectivity index (χ2v) is 3.65. The van der Waals surface area contributed by atoms with Crippen LogP contribution in [-0.4, -0.2) is 17.4 Å². The van der Waals surface area contributed by atoms with Crippen LogP contribution in [-0.2, 0) is 13.1 Å². The molecule has 0 aromatic heterocycles. The summed E-state index contributed by atoms with van der Waals surface area (Å²) in [5.41, 5.74) is 8.39. The number of carbonyl (C=O) groups excluding carboxylic acids is 1. The number of hydrogen-bond acceptors (Lipinski definition) is 2. The zero-order valence-electron chi connectivity index (χ0n) is 8.29. The third kappa shape index (κ3) is 1.51. The fourth-order valence-electron chi connectivity index (χ4n) is 1.84. The molecule has 1 amide bonds. The lowest BCUT2D eigenvalue weighted by atomic mass is 10.1. The second-order valence-electron chi connectivity index (χ2n) is 3.65. The second kappa shape index (κ2) is 3.42. The predicted octanol–water partition coefficient (Wildman–Crippen LogP) is 1.12. The van der Waals surface area contributed by atoms with Crippen LogP contribution < -0.4 is 5.73 Å². The summed E-state index contributed by atoms with van der Waals surface area (Å²) in [6.07, 6.45) is 0. The molecule has 2 N–H and O–H groups in total. The first kappa shape index (κ1) is 9.21. The number of benzene rings is 1. The van der Waals surface area contributed by atoms with Crippen molar-refractivity contribution in [3.8, 4) is 0 Å². The lowest BCUT2D eigenvalue weighted by molar-refractivity contribution is 0.1000. The number of rotatable bonds is 2. The summed E-state index contributed by atoms with van der Waals surface area (Å²) in [6, 6.07) is 5.72. The van der Waals surface area contributed by atoms with E-state index in [-0.39, 0.29) is 5.91 Å². The lowest BCUT2D eigenvalue weighted by Gasteiger charge is -2.09. The number of hydrogen-bond donors (Lipinski definition) is 1. The Morgan fingerprint density at radius 1 is 1.43 bits per heavy atom. The molecule has 3 nitrogen and oxygen atoms in total. The standard InChI is InChI=1S/C11H14N2O/c1-2-13-6-9-4-3-8(11(12)14)5-10(9)7-13/h3-5H,2,6-7H2,1H3,(H2,12,14). The van der Waals surface area contributed by atoms with E-state index in [9.17, 15) is 4.79 Å². The minimum Gasteiger partial charge on any atom is -0.366 e. The van der Waals surface area contributed by atoms with Crippen LogP contribution in [0.3, 0.4) is 0 Å². The number of carbonyl (C=O) groups is 1. The first-order valence-corrected chi connectivity index (χ1v) is 4.84. The van der Waals surface area contributed by atoms with E-state index in [4.69, 9.17) is 5.73 Å².